The molecule has 1 saturated heterocycles. The van der Waals surface area contributed by atoms with E-state index in [2.05, 4.69) is 20.9 Å². The van der Waals surface area contributed by atoms with Gasteiger partial charge < -0.3 is 24.4 Å². The van der Waals surface area contributed by atoms with Gasteiger partial charge in [0.25, 0.3) is 0 Å². The van der Waals surface area contributed by atoms with E-state index in [1.54, 1.807) is 13.2 Å². The predicted molar refractivity (Wildman–Crippen MR) is 118 cm³/mol. The smallest absolute Gasteiger partial charge is 0.341 e. The van der Waals surface area contributed by atoms with Crippen molar-refractivity contribution < 1.29 is 19.4 Å². The van der Waals surface area contributed by atoms with Crippen LogP contribution in [0.1, 0.15) is 0 Å². The summed E-state index contributed by atoms with van der Waals surface area (Å²) in [6, 6.07) is 19.3. The van der Waals surface area contributed by atoms with E-state index in [1.165, 1.54) is 0 Å². The number of benzene rings is 2. The number of hydrogen-bond acceptors (Lipinski definition) is 7. The number of piperazine rings is 1. The quantitative estimate of drug-likeness (QED) is 0.624. The van der Waals surface area contributed by atoms with Crippen LogP contribution in [0.3, 0.4) is 0 Å². The van der Waals surface area contributed by atoms with Gasteiger partial charge >= 0.3 is 5.97 Å². The molecule has 2 aromatic carbocycles. The molecule has 1 fully saturated rings. The van der Waals surface area contributed by atoms with Gasteiger partial charge in [-0.15, -0.1) is 0 Å². The fraction of sp³-hybridized carbons (Fsp3) is 0.261. The second-order valence-electron chi connectivity index (χ2n) is 7.09. The van der Waals surface area contributed by atoms with Crippen LogP contribution in [-0.2, 0) is 4.79 Å². The molecule has 0 spiro atoms. The van der Waals surface area contributed by atoms with Gasteiger partial charge in [0.05, 0.1) is 18.5 Å². The van der Waals surface area contributed by atoms with Crippen LogP contribution in [0.4, 0.5) is 11.6 Å². The molecule has 8 nitrogen and oxygen atoms in total. The van der Waals surface area contributed by atoms with Crippen molar-refractivity contribution >= 4 is 17.6 Å². The minimum Gasteiger partial charge on any atom is -0.495 e. The van der Waals surface area contributed by atoms with E-state index in [1.807, 2.05) is 48.5 Å². The molecule has 8 heteroatoms. The van der Waals surface area contributed by atoms with Crippen LogP contribution >= 0.6 is 0 Å². The first-order valence-electron chi connectivity index (χ1n) is 10.1. The molecule has 3 aromatic rings. The number of hydrogen-bond donors (Lipinski definition) is 1. The van der Waals surface area contributed by atoms with Crippen molar-refractivity contribution in [1.29, 1.82) is 0 Å². The van der Waals surface area contributed by atoms with Crippen molar-refractivity contribution in [1.82, 2.24) is 9.97 Å². The van der Waals surface area contributed by atoms with Crippen molar-refractivity contribution in [2.45, 2.75) is 0 Å². The molecule has 0 aliphatic carbocycles. The maximum Gasteiger partial charge on any atom is 0.341 e. The third-order valence-corrected chi connectivity index (χ3v) is 5.09. The summed E-state index contributed by atoms with van der Waals surface area (Å²) in [7, 11) is 1.68. The Morgan fingerprint density at radius 2 is 1.65 bits per heavy atom. The van der Waals surface area contributed by atoms with Gasteiger partial charge in [-0.1, -0.05) is 42.5 Å². The van der Waals surface area contributed by atoms with E-state index in [0.29, 0.717) is 24.7 Å². The lowest BCUT2D eigenvalue weighted by Crippen LogP contribution is -2.47. The number of anilines is 2. The number of aliphatic carboxylic acids is 1. The summed E-state index contributed by atoms with van der Waals surface area (Å²) in [6.07, 6.45) is 0. The Bertz CT molecular complexity index is 1040. The van der Waals surface area contributed by atoms with Gasteiger partial charge in [-0.25, -0.2) is 9.78 Å². The summed E-state index contributed by atoms with van der Waals surface area (Å²) in [6.45, 7) is 2.55. The molecule has 1 aliphatic heterocycles. The highest BCUT2D eigenvalue weighted by atomic mass is 16.5. The van der Waals surface area contributed by atoms with Gasteiger partial charge in [0.2, 0.25) is 11.8 Å². The first kappa shape index (κ1) is 20.5. The molecule has 1 aromatic heterocycles. The zero-order valence-corrected chi connectivity index (χ0v) is 17.3. The molecule has 0 amide bonds. The summed E-state index contributed by atoms with van der Waals surface area (Å²) in [5.74, 6) is 0.578. The zero-order chi connectivity index (χ0) is 21.6. The lowest BCUT2D eigenvalue weighted by atomic mass is 10.1. The number of para-hydroxylation sites is 2. The van der Waals surface area contributed by atoms with Gasteiger partial charge in [0.1, 0.15) is 5.75 Å². The number of ether oxygens (including phenoxy) is 2. The standard InChI is InChI=1S/C23H24N4O4/c1-30-20-10-6-5-9-19(20)26-11-13-27(14-12-26)23-24-18(17-7-3-2-4-8-17)15-21(25-23)31-16-22(28)29/h2-10,15H,11-14,16H2,1H3,(H,28,29). The minimum absolute atomic E-state index is 0.249. The van der Waals surface area contributed by atoms with Crippen molar-refractivity contribution in [2.75, 3.05) is 49.7 Å². The third-order valence-electron chi connectivity index (χ3n) is 5.09. The van der Waals surface area contributed by atoms with Crippen molar-refractivity contribution in [3.63, 3.8) is 0 Å². The number of aromatic nitrogens is 2. The van der Waals surface area contributed by atoms with E-state index in [4.69, 9.17) is 19.6 Å². The lowest BCUT2D eigenvalue weighted by molar-refractivity contribution is -0.139. The molecule has 4 rings (SSSR count). The summed E-state index contributed by atoms with van der Waals surface area (Å²) in [5.41, 5.74) is 2.67. The van der Waals surface area contributed by atoms with E-state index in [-0.39, 0.29) is 5.88 Å². The van der Waals surface area contributed by atoms with Crippen LogP contribution in [0.15, 0.2) is 60.7 Å². The van der Waals surface area contributed by atoms with Gasteiger partial charge in [0, 0.05) is 37.8 Å². The van der Waals surface area contributed by atoms with E-state index in [0.717, 1.165) is 30.1 Å². The van der Waals surface area contributed by atoms with E-state index < -0.39 is 12.6 Å². The largest absolute Gasteiger partial charge is 0.495 e. The summed E-state index contributed by atoms with van der Waals surface area (Å²) < 4.78 is 10.9. The molecule has 0 saturated carbocycles. The fourth-order valence-corrected chi connectivity index (χ4v) is 3.56. The van der Waals surface area contributed by atoms with Crippen LogP contribution in [-0.4, -0.2) is 60.9 Å². The summed E-state index contributed by atoms with van der Waals surface area (Å²) in [4.78, 5) is 24.5. The van der Waals surface area contributed by atoms with Crippen molar-refractivity contribution in [3.05, 3.63) is 60.7 Å². The highest BCUT2D eigenvalue weighted by Crippen LogP contribution is 2.30. The van der Waals surface area contributed by atoms with E-state index >= 15 is 0 Å². The zero-order valence-electron chi connectivity index (χ0n) is 17.3. The molecule has 1 N–H and O–H groups in total. The Morgan fingerprint density at radius 3 is 2.35 bits per heavy atom. The number of carboxylic acids is 1. The van der Waals surface area contributed by atoms with Gasteiger partial charge in [0.15, 0.2) is 6.61 Å². The number of methoxy groups -OCH3 is 1. The van der Waals surface area contributed by atoms with Gasteiger partial charge in [-0.05, 0) is 12.1 Å². The summed E-state index contributed by atoms with van der Waals surface area (Å²) >= 11 is 0. The second kappa shape index (κ2) is 9.34. The first-order chi connectivity index (χ1) is 15.1. The molecule has 0 unspecified atom stereocenters. The minimum atomic E-state index is -1.05. The third kappa shape index (κ3) is 4.85. The first-order valence-corrected chi connectivity index (χ1v) is 10.1. The number of carbonyl (C=O) groups is 1. The molecule has 0 atom stereocenters. The topological polar surface area (TPSA) is 88.0 Å². The van der Waals surface area contributed by atoms with Crippen molar-refractivity contribution in [2.24, 2.45) is 0 Å². The Hall–Kier alpha value is -3.81. The Labute approximate surface area is 180 Å². The Morgan fingerprint density at radius 1 is 0.968 bits per heavy atom. The average molecular weight is 420 g/mol. The SMILES string of the molecule is COc1ccccc1N1CCN(c2nc(OCC(=O)O)cc(-c3ccccc3)n2)CC1. The number of carboxylic acid groups (broad SMARTS) is 1. The maximum absolute atomic E-state index is 10.9. The Kier molecular flexibility index (Phi) is 6.16. The monoisotopic (exact) mass is 420 g/mol. The molecule has 1 aliphatic rings. The fourth-order valence-electron chi connectivity index (χ4n) is 3.56. The molecule has 2 heterocycles. The van der Waals surface area contributed by atoms with Crippen molar-refractivity contribution in [3.8, 4) is 22.9 Å². The molecular weight excluding hydrogens is 396 g/mol. The predicted octanol–water partition coefficient (Wildman–Crippen LogP) is 2.94. The number of nitrogens with zero attached hydrogens (tertiary/aromatic N) is 4. The van der Waals surface area contributed by atoms with Crippen LogP contribution < -0.4 is 19.3 Å². The lowest BCUT2D eigenvalue weighted by Gasteiger charge is -2.36. The molecule has 160 valence electrons. The van der Waals surface area contributed by atoms with Gasteiger partial charge in [-0.3, -0.25) is 0 Å². The maximum atomic E-state index is 10.9. The average Bonchev–Trinajstić information content (AvgIpc) is 2.83. The molecular formula is C23H24N4O4. The van der Waals surface area contributed by atoms with Crippen LogP contribution in [0.2, 0.25) is 0 Å². The molecule has 31 heavy (non-hydrogen) atoms. The number of rotatable bonds is 7. The van der Waals surface area contributed by atoms with Crippen LogP contribution in [0, 0.1) is 0 Å². The highest BCUT2D eigenvalue weighted by molar-refractivity contribution is 5.68. The van der Waals surface area contributed by atoms with Gasteiger partial charge in [-0.2, -0.15) is 4.98 Å². The van der Waals surface area contributed by atoms with Crippen LogP contribution in [0.25, 0.3) is 11.3 Å². The van der Waals surface area contributed by atoms with E-state index in [9.17, 15) is 4.79 Å². The molecule has 0 radical (unpaired) electrons. The second-order valence-corrected chi connectivity index (χ2v) is 7.09. The Balaban J connectivity index is 1.56. The highest BCUT2D eigenvalue weighted by Gasteiger charge is 2.22. The summed E-state index contributed by atoms with van der Waals surface area (Å²) in [5, 5.41) is 8.96. The van der Waals surface area contributed by atoms with Crippen LogP contribution in [0.5, 0.6) is 11.6 Å². The normalized spacial score (nSPS) is 13.7. The molecule has 0 bridgehead atoms.